The van der Waals surface area contributed by atoms with Gasteiger partial charge in [0.2, 0.25) is 0 Å². The van der Waals surface area contributed by atoms with Crippen molar-refractivity contribution in [1.29, 1.82) is 0 Å². The van der Waals surface area contributed by atoms with Crippen LogP contribution in [0.15, 0.2) is 65.6 Å². The third-order valence-electron chi connectivity index (χ3n) is 3.47. The van der Waals surface area contributed by atoms with E-state index in [4.69, 9.17) is 5.73 Å². The summed E-state index contributed by atoms with van der Waals surface area (Å²) in [5.74, 6) is 0. The fraction of sp³-hybridized carbons (Fsp3) is 0.118. The van der Waals surface area contributed by atoms with E-state index in [-0.39, 0.29) is 5.56 Å². The lowest BCUT2D eigenvalue weighted by Gasteiger charge is -2.08. The third-order valence-corrected chi connectivity index (χ3v) is 3.47. The van der Waals surface area contributed by atoms with Crippen molar-refractivity contribution in [3.63, 3.8) is 0 Å². The van der Waals surface area contributed by atoms with Gasteiger partial charge < -0.3 is 10.3 Å². The number of aromatic nitrogens is 1. The van der Waals surface area contributed by atoms with Gasteiger partial charge >= 0.3 is 0 Å². The molecule has 1 heterocycles. The summed E-state index contributed by atoms with van der Waals surface area (Å²) in [6, 6.07) is 17.7. The normalized spacial score (nSPS) is 10.8. The average molecular weight is 264 g/mol. The van der Waals surface area contributed by atoms with Crippen LogP contribution in [0.2, 0.25) is 0 Å². The largest absolute Gasteiger partial charge is 0.326 e. The van der Waals surface area contributed by atoms with Gasteiger partial charge in [-0.25, -0.2) is 0 Å². The first-order chi connectivity index (χ1) is 9.78. The maximum atomic E-state index is 12.4. The fourth-order valence-electron chi connectivity index (χ4n) is 2.41. The van der Waals surface area contributed by atoms with E-state index in [1.54, 1.807) is 4.57 Å². The van der Waals surface area contributed by atoms with E-state index in [9.17, 15) is 4.79 Å². The Hall–Kier alpha value is -2.39. The summed E-state index contributed by atoms with van der Waals surface area (Å²) in [6.07, 6.45) is 1.85. The van der Waals surface area contributed by atoms with Crippen LogP contribution in [0.5, 0.6) is 0 Å². The topological polar surface area (TPSA) is 48.0 Å². The first-order valence-corrected chi connectivity index (χ1v) is 6.64. The second-order valence-electron chi connectivity index (χ2n) is 4.86. The molecule has 3 aromatic rings. The van der Waals surface area contributed by atoms with Gasteiger partial charge in [0, 0.05) is 18.1 Å². The van der Waals surface area contributed by atoms with Crippen molar-refractivity contribution < 1.29 is 0 Å². The van der Waals surface area contributed by atoms with Gasteiger partial charge in [-0.3, -0.25) is 4.79 Å². The van der Waals surface area contributed by atoms with E-state index in [1.165, 1.54) is 0 Å². The minimum atomic E-state index is 0.0428. The maximum Gasteiger partial charge on any atom is 0.258 e. The van der Waals surface area contributed by atoms with Gasteiger partial charge in [-0.2, -0.15) is 0 Å². The Kier molecular flexibility index (Phi) is 3.35. The number of hydrogen-bond acceptors (Lipinski definition) is 2. The Bertz CT molecular complexity index is 805. The molecule has 0 atom stereocenters. The molecule has 3 rings (SSSR count). The Morgan fingerprint density at radius 1 is 0.950 bits per heavy atom. The van der Waals surface area contributed by atoms with Crippen LogP contribution in [0.3, 0.4) is 0 Å². The molecule has 0 spiro atoms. The molecule has 3 nitrogen and oxygen atoms in total. The minimum absolute atomic E-state index is 0.0428. The second-order valence-corrected chi connectivity index (χ2v) is 4.86. The van der Waals surface area contributed by atoms with Crippen molar-refractivity contribution in [3.05, 3.63) is 82.3 Å². The number of hydrogen-bond donors (Lipinski definition) is 1. The van der Waals surface area contributed by atoms with Gasteiger partial charge in [-0.05, 0) is 28.6 Å². The zero-order valence-electron chi connectivity index (χ0n) is 11.1. The van der Waals surface area contributed by atoms with E-state index in [0.717, 1.165) is 21.9 Å². The molecule has 2 N–H and O–H groups in total. The highest BCUT2D eigenvalue weighted by atomic mass is 16.1. The number of rotatable bonds is 3. The summed E-state index contributed by atoms with van der Waals surface area (Å²) >= 11 is 0. The van der Waals surface area contributed by atoms with E-state index in [2.05, 4.69) is 0 Å². The van der Waals surface area contributed by atoms with Gasteiger partial charge in [0.1, 0.15) is 0 Å². The molecule has 20 heavy (non-hydrogen) atoms. The van der Waals surface area contributed by atoms with Crippen LogP contribution in [0.1, 0.15) is 11.1 Å². The monoisotopic (exact) mass is 264 g/mol. The average Bonchev–Trinajstić information content (AvgIpc) is 2.50. The number of nitrogens with zero attached hydrogens (tertiary/aromatic N) is 1. The molecule has 0 fully saturated rings. The Morgan fingerprint density at radius 2 is 1.75 bits per heavy atom. The Labute approximate surface area is 117 Å². The SMILES string of the molecule is NCc1cccc(Cn2ccc3ccccc3c2=O)c1. The fourth-order valence-corrected chi connectivity index (χ4v) is 2.41. The molecule has 0 saturated heterocycles. The summed E-state index contributed by atoms with van der Waals surface area (Å²) < 4.78 is 1.73. The highest BCUT2D eigenvalue weighted by molar-refractivity contribution is 5.81. The molecule has 100 valence electrons. The Balaban J connectivity index is 2.02. The first kappa shape index (κ1) is 12.6. The van der Waals surface area contributed by atoms with Crippen LogP contribution in [-0.4, -0.2) is 4.57 Å². The van der Waals surface area contributed by atoms with Gasteiger partial charge in [0.05, 0.1) is 6.54 Å². The van der Waals surface area contributed by atoms with Gasteiger partial charge in [-0.15, -0.1) is 0 Å². The molecular weight excluding hydrogens is 248 g/mol. The smallest absolute Gasteiger partial charge is 0.258 e. The molecule has 0 aliphatic heterocycles. The molecule has 0 unspecified atom stereocenters. The molecule has 0 amide bonds. The maximum absolute atomic E-state index is 12.4. The molecular formula is C17H16N2O. The van der Waals surface area contributed by atoms with Crippen LogP contribution in [0.4, 0.5) is 0 Å². The lowest BCUT2D eigenvalue weighted by molar-refractivity contribution is 0.766. The number of benzene rings is 2. The first-order valence-electron chi connectivity index (χ1n) is 6.64. The van der Waals surface area contributed by atoms with E-state index < -0.39 is 0 Å². The molecule has 0 saturated carbocycles. The second kappa shape index (κ2) is 5.31. The van der Waals surface area contributed by atoms with E-state index >= 15 is 0 Å². The lowest BCUT2D eigenvalue weighted by Crippen LogP contribution is -2.20. The number of pyridine rings is 1. The number of fused-ring (bicyclic) bond motifs is 1. The molecule has 0 radical (unpaired) electrons. The van der Waals surface area contributed by atoms with Crippen molar-refractivity contribution in [2.75, 3.05) is 0 Å². The summed E-state index contributed by atoms with van der Waals surface area (Å²) in [6.45, 7) is 1.08. The van der Waals surface area contributed by atoms with Crippen molar-refractivity contribution in [1.82, 2.24) is 4.57 Å². The molecule has 2 aromatic carbocycles. The third kappa shape index (κ3) is 2.36. The molecule has 0 aliphatic carbocycles. The molecule has 0 aliphatic rings. The van der Waals surface area contributed by atoms with Crippen LogP contribution in [-0.2, 0) is 13.1 Å². The van der Waals surface area contributed by atoms with Crippen molar-refractivity contribution in [2.24, 2.45) is 5.73 Å². The Morgan fingerprint density at radius 3 is 2.60 bits per heavy atom. The summed E-state index contributed by atoms with van der Waals surface area (Å²) in [5.41, 5.74) is 7.86. The summed E-state index contributed by atoms with van der Waals surface area (Å²) in [7, 11) is 0. The lowest BCUT2D eigenvalue weighted by atomic mass is 10.1. The van der Waals surface area contributed by atoms with Crippen LogP contribution < -0.4 is 11.3 Å². The summed E-state index contributed by atoms with van der Waals surface area (Å²) in [5, 5.41) is 1.73. The standard InChI is InChI=1S/C17H16N2O/c18-11-13-4-3-5-14(10-13)12-19-9-8-15-6-1-2-7-16(15)17(19)20/h1-10H,11-12,18H2. The number of nitrogens with two attached hydrogens (primary N) is 1. The van der Waals surface area contributed by atoms with Crippen LogP contribution in [0.25, 0.3) is 10.8 Å². The predicted octanol–water partition coefficient (Wildman–Crippen LogP) is 2.51. The highest BCUT2D eigenvalue weighted by Gasteiger charge is 2.03. The minimum Gasteiger partial charge on any atom is -0.326 e. The van der Waals surface area contributed by atoms with E-state index in [1.807, 2.05) is 60.8 Å². The van der Waals surface area contributed by atoms with Gasteiger partial charge in [-0.1, -0.05) is 42.5 Å². The molecule has 3 heteroatoms. The zero-order chi connectivity index (χ0) is 13.9. The quantitative estimate of drug-likeness (QED) is 0.790. The van der Waals surface area contributed by atoms with Crippen molar-refractivity contribution in [3.8, 4) is 0 Å². The highest BCUT2D eigenvalue weighted by Crippen LogP contribution is 2.10. The predicted molar refractivity (Wildman–Crippen MR) is 81.6 cm³/mol. The summed E-state index contributed by atoms with van der Waals surface area (Å²) in [4.78, 5) is 12.4. The molecule has 1 aromatic heterocycles. The van der Waals surface area contributed by atoms with Crippen LogP contribution >= 0.6 is 0 Å². The van der Waals surface area contributed by atoms with Crippen LogP contribution in [0, 0.1) is 0 Å². The van der Waals surface area contributed by atoms with E-state index in [0.29, 0.717) is 13.1 Å². The zero-order valence-corrected chi connectivity index (χ0v) is 11.1. The van der Waals surface area contributed by atoms with Crippen molar-refractivity contribution in [2.45, 2.75) is 13.1 Å². The van der Waals surface area contributed by atoms with Gasteiger partial charge in [0.25, 0.3) is 5.56 Å². The molecule has 0 bridgehead atoms. The van der Waals surface area contributed by atoms with Gasteiger partial charge in [0.15, 0.2) is 0 Å². The van der Waals surface area contributed by atoms with Crippen molar-refractivity contribution >= 4 is 10.8 Å².